The van der Waals surface area contributed by atoms with Crippen LogP contribution in [0.1, 0.15) is 29.1 Å². The first kappa shape index (κ1) is 18.5. The highest BCUT2D eigenvalue weighted by Crippen LogP contribution is 2.38. The van der Waals surface area contributed by atoms with E-state index in [4.69, 9.17) is 4.98 Å². The van der Waals surface area contributed by atoms with Gasteiger partial charge in [0.05, 0.1) is 11.1 Å². The van der Waals surface area contributed by atoms with Crippen LogP contribution in [0.4, 0.5) is 10.1 Å². The van der Waals surface area contributed by atoms with Gasteiger partial charge in [0, 0.05) is 10.6 Å². The summed E-state index contributed by atoms with van der Waals surface area (Å²) in [4.78, 5) is 19.5. The van der Waals surface area contributed by atoms with E-state index in [0.29, 0.717) is 10.8 Å². The zero-order chi connectivity index (χ0) is 20.0. The Bertz CT molecular complexity index is 1230. The summed E-state index contributed by atoms with van der Waals surface area (Å²) in [6, 6.07) is 5.71. The molecule has 148 valence electrons. The van der Waals surface area contributed by atoms with Gasteiger partial charge in [0.1, 0.15) is 16.5 Å². The monoisotopic (exact) mass is 427 g/mol. The summed E-state index contributed by atoms with van der Waals surface area (Å²) in [7, 11) is 0. The minimum Gasteiger partial charge on any atom is -0.325 e. The number of benzene rings is 1. The van der Waals surface area contributed by atoms with Crippen LogP contribution in [0, 0.1) is 12.7 Å². The number of halogens is 1. The van der Waals surface area contributed by atoms with Crippen LogP contribution in [0.3, 0.4) is 0 Å². The lowest BCUT2D eigenvalue weighted by molar-refractivity contribution is -0.113. The summed E-state index contributed by atoms with van der Waals surface area (Å²) < 4.78 is 14.9. The average Bonchev–Trinajstić information content (AvgIpc) is 3.29. The van der Waals surface area contributed by atoms with Gasteiger partial charge in [-0.3, -0.25) is 9.20 Å². The molecule has 0 bridgehead atoms. The quantitative estimate of drug-likeness (QED) is 0.489. The Morgan fingerprint density at radius 3 is 2.86 bits per heavy atom. The molecule has 1 aliphatic rings. The molecular weight excluding hydrogens is 409 g/mol. The van der Waals surface area contributed by atoms with Crippen molar-refractivity contribution in [3.8, 4) is 0 Å². The number of thiophene rings is 1. The Hall–Kier alpha value is -2.52. The number of aromatic nitrogens is 4. The maximum atomic E-state index is 13.0. The molecule has 0 saturated heterocycles. The number of hydrogen-bond donors (Lipinski definition) is 1. The van der Waals surface area contributed by atoms with Crippen LogP contribution in [0.15, 0.2) is 29.4 Å². The Kier molecular flexibility index (Phi) is 4.71. The molecular formula is C20H18FN5OS2. The van der Waals surface area contributed by atoms with Crippen LogP contribution < -0.4 is 5.32 Å². The van der Waals surface area contributed by atoms with E-state index in [9.17, 15) is 9.18 Å². The third-order valence-corrected chi connectivity index (χ3v) is 7.17. The van der Waals surface area contributed by atoms with Crippen molar-refractivity contribution >= 4 is 50.6 Å². The Morgan fingerprint density at radius 2 is 2.03 bits per heavy atom. The van der Waals surface area contributed by atoms with Crippen molar-refractivity contribution < 1.29 is 9.18 Å². The largest absolute Gasteiger partial charge is 0.325 e. The van der Waals surface area contributed by atoms with Crippen molar-refractivity contribution in [3.05, 3.63) is 46.3 Å². The van der Waals surface area contributed by atoms with Crippen LogP contribution in [0.25, 0.3) is 15.9 Å². The predicted molar refractivity (Wildman–Crippen MR) is 113 cm³/mol. The third kappa shape index (κ3) is 3.38. The number of amides is 1. The van der Waals surface area contributed by atoms with E-state index in [2.05, 4.69) is 15.5 Å². The highest BCUT2D eigenvalue weighted by Gasteiger charge is 2.22. The molecule has 6 nitrogen and oxygen atoms in total. The number of fused-ring (bicyclic) bond motifs is 5. The normalized spacial score (nSPS) is 13.7. The van der Waals surface area contributed by atoms with Crippen molar-refractivity contribution in [2.45, 2.75) is 37.8 Å². The molecule has 1 N–H and O–H groups in total. The highest BCUT2D eigenvalue weighted by atomic mass is 32.2. The van der Waals surface area contributed by atoms with Gasteiger partial charge < -0.3 is 5.32 Å². The third-order valence-electron chi connectivity index (χ3n) is 5.06. The van der Waals surface area contributed by atoms with E-state index < -0.39 is 0 Å². The van der Waals surface area contributed by atoms with E-state index in [1.807, 2.05) is 11.3 Å². The zero-order valence-electron chi connectivity index (χ0n) is 15.7. The summed E-state index contributed by atoms with van der Waals surface area (Å²) in [5.74, 6) is 0.477. The maximum Gasteiger partial charge on any atom is 0.234 e. The van der Waals surface area contributed by atoms with Crippen LogP contribution in [-0.2, 0) is 17.6 Å². The standard InChI is InChI=1S/C20H18FN5OS2/c1-11-22-19-17(14-4-2-3-5-15(14)29-19)18-24-25-20(26(11)18)28-10-16(27)23-13-8-6-12(21)7-9-13/h6-9H,2-5,10H2,1H3,(H,23,27). The van der Waals surface area contributed by atoms with Gasteiger partial charge in [-0.2, -0.15) is 0 Å². The van der Waals surface area contributed by atoms with Crippen molar-refractivity contribution in [1.82, 2.24) is 19.6 Å². The van der Waals surface area contributed by atoms with Gasteiger partial charge in [-0.15, -0.1) is 21.5 Å². The fourth-order valence-corrected chi connectivity index (χ4v) is 5.82. The molecule has 3 aromatic heterocycles. The molecule has 0 spiro atoms. The number of carbonyl (C=O) groups excluding carboxylic acids is 1. The Morgan fingerprint density at radius 1 is 1.24 bits per heavy atom. The molecule has 0 aliphatic heterocycles. The highest BCUT2D eigenvalue weighted by molar-refractivity contribution is 7.99. The molecule has 1 amide bonds. The predicted octanol–water partition coefficient (Wildman–Crippen LogP) is 4.40. The second-order valence-electron chi connectivity index (χ2n) is 7.04. The maximum absolute atomic E-state index is 13.0. The molecule has 0 radical (unpaired) electrons. The SMILES string of the molecule is Cc1nc2sc3c(c2c2nnc(SCC(=O)Nc4ccc(F)cc4)n12)CCCC3. The minimum absolute atomic E-state index is 0.178. The van der Waals surface area contributed by atoms with Gasteiger partial charge in [-0.1, -0.05) is 11.8 Å². The number of anilines is 1. The van der Waals surface area contributed by atoms with Gasteiger partial charge in [-0.25, -0.2) is 9.37 Å². The second kappa shape index (κ2) is 7.38. The summed E-state index contributed by atoms with van der Waals surface area (Å²) in [5.41, 5.74) is 2.76. The smallest absolute Gasteiger partial charge is 0.234 e. The van der Waals surface area contributed by atoms with E-state index in [0.717, 1.165) is 34.5 Å². The van der Waals surface area contributed by atoms with Gasteiger partial charge in [0.2, 0.25) is 5.91 Å². The van der Waals surface area contributed by atoms with E-state index in [1.165, 1.54) is 59.3 Å². The number of aryl methyl sites for hydroxylation is 3. The molecule has 1 aliphatic carbocycles. The molecule has 3 heterocycles. The van der Waals surface area contributed by atoms with Crippen molar-refractivity contribution in [2.75, 3.05) is 11.1 Å². The fraction of sp³-hybridized carbons (Fsp3) is 0.300. The molecule has 0 fully saturated rings. The van der Waals surface area contributed by atoms with Crippen LogP contribution in [0.2, 0.25) is 0 Å². The van der Waals surface area contributed by atoms with Crippen molar-refractivity contribution in [1.29, 1.82) is 0 Å². The van der Waals surface area contributed by atoms with E-state index in [1.54, 1.807) is 11.3 Å². The first-order valence-electron chi connectivity index (χ1n) is 9.44. The number of hydrogen-bond acceptors (Lipinski definition) is 6. The number of carbonyl (C=O) groups is 1. The Labute approximate surface area is 174 Å². The second-order valence-corrected chi connectivity index (χ2v) is 9.06. The van der Waals surface area contributed by atoms with Crippen LogP contribution >= 0.6 is 23.1 Å². The molecule has 0 saturated carbocycles. The minimum atomic E-state index is -0.336. The molecule has 0 unspecified atom stereocenters. The van der Waals surface area contributed by atoms with Gasteiger partial charge in [0.25, 0.3) is 0 Å². The number of nitrogens with one attached hydrogen (secondary N) is 1. The number of nitrogens with zero attached hydrogens (tertiary/aromatic N) is 4. The first-order valence-corrected chi connectivity index (χ1v) is 11.2. The summed E-state index contributed by atoms with van der Waals surface area (Å²) in [6.07, 6.45) is 4.59. The first-order chi connectivity index (χ1) is 14.1. The Balaban J connectivity index is 1.42. The fourth-order valence-electron chi connectivity index (χ4n) is 3.74. The zero-order valence-corrected chi connectivity index (χ0v) is 17.4. The lowest BCUT2D eigenvalue weighted by atomic mass is 9.97. The average molecular weight is 428 g/mol. The topological polar surface area (TPSA) is 72.2 Å². The van der Waals surface area contributed by atoms with Gasteiger partial charge >= 0.3 is 0 Å². The van der Waals surface area contributed by atoms with E-state index in [-0.39, 0.29) is 17.5 Å². The number of rotatable bonds is 4. The van der Waals surface area contributed by atoms with E-state index >= 15 is 0 Å². The van der Waals surface area contributed by atoms with Crippen molar-refractivity contribution in [2.24, 2.45) is 0 Å². The van der Waals surface area contributed by atoms with Gasteiger partial charge in [-0.05, 0) is 62.4 Å². The summed E-state index contributed by atoms with van der Waals surface area (Å²) >= 11 is 3.09. The number of thioether (sulfide) groups is 1. The molecule has 0 atom stereocenters. The lowest BCUT2D eigenvalue weighted by Gasteiger charge is -2.10. The molecule has 9 heteroatoms. The molecule has 4 aromatic rings. The lowest BCUT2D eigenvalue weighted by Crippen LogP contribution is -2.14. The molecule has 29 heavy (non-hydrogen) atoms. The van der Waals surface area contributed by atoms with Crippen molar-refractivity contribution in [3.63, 3.8) is 0 Å². The molecule has 1 aromatic carbocycles. The van der Waals surface area contributed by atoms with Crippen LogP contribution in [-0.4, -0.2) is 31.2 Å². The van der Waals surface area contributed by atoms with Crippen LogP contribution in [0.5, 0.6) is 0 Å². The summed E-state index contributed by atoms with van der Waals surface area (Å²) in [5, 5.41) is 13.3. The molecule has 5 rings (SSSR count). The van der Waals surface area contributed by atoms with Gasteiger partial charge in [0.15, 0.2) is 10.8 Å². The summed E-state index contributed by atoms with van der Waals surface area (Å²) in [6.45, 7) is 1.94.